The lowest BCUT2D eigenvalue weighted by Crippen LogP contribution is -2.34. The van der Waals surface area contributed by atoms with Gasteiger partial charge in [-0.15, -0.1) is 13.2 Å². The molecule has 1 saturated heterocycles. The molecule has 33 heavy (non-hydrogen) atoms. The number of halogens is 3. The number of hydrogen-bond acceptors (Lipinski definition) is 6. The minimum absolute atomic E-state index is 0.0283. The number of carbonyl (C=O) groups is 2. The maximum atomic E-state index is 13.2. The first-order chi connectivity index (χ1) is 15.4. The van der Waals surface area contributed by atoms with Gasteiger partial charge in [0.15, 0.2) is 0 Å². The van der Waals surface area contributed by atoms with Crippen molar-refractivity contribution in [3.05, 3.63) is 72.2 Å². The minimum Gasteiger partial charge on any atom is -0.406 e. The summed E-state index contributed by atoms with van der Waals surface area (Å²) in [5.74, 6) is -1.80. The smallest absolute Gasteiger partial charge is 0.406 e. The summed E-state index contributed by atoms with van der Waals surface area (Å²) in [6.07, 6.45) is 1.04. The Hall–Kier alpha value is -3.67. The average Bonchev–Trinajstić information content (AvgIpc) is 2.94. The molecule has 0 spiro atoms. The second kappa shape index (κ2) is 7.73. The second-order valence-electron chi connectivity index (χ2n) is 7.51. The van der Waals surface area contributed by atoms with Crippen LogP contribution in [0.3, 0.4) is 0 Å². The zero-order valence-electron chi connectivity index (χ0n) is 17.0. The number of ether oxygens (including phenoxy) is 1. The van der Waals surface area contributed by atoms with E-state index >= 15 is 0 Å². The Labute approximate surface area is 186 Å². The van der Waals surface area contributed by atoms with Gasteiger partial charge < -0.3 is 4.74 Å². The molecule has 0 radical (unpaired) electrons. The molecule has 1 fully saturated rings. The van der Waals surface area contributed by atoms with Crippen LogP contribution in [0.25, 0.3) is 0 Å². The van der Waals surface area contributed by atoms with Crippen LogP contribution in [0, 0.1) is 5.41 Å². The summed E-state index contributed by atoms with van der Waals surface area (Å²) < 4.78 is 68.8. The normalized spacial score (nSPS) is 20.8. The fourth-order valence-corrected chi connectivity index (χ4v) is 4.79. The number of alkyl halides is 3. The molecule has 1 aliphatic heterocycles. The molecular weight excluding hydrogens is 463 g/mol. The van der Waals surface area contributed by atoms with Crippen LogP contribution in [0.4, 0.5) is 18.9 Å². The largest absolute Gasteiger partial charge is 0.573 e. The Morgan fingerprint density at radius 3 is 2.45 bits per heavy atom. The third-order valence-electron chi connectivity index (χ3n) is 5.24. The number of pyridine rings is 1. The van der Waals surface area contributed by atoms with E-state index in [2.05, 4.69) is 14.4 Å². The van der Waals surface area contributed by atoms with Crippen molar-refractivity contribution in [2.75, 3.05) is 4.90 Å². The number of amides is 2. The summed E-state index contributed by atoms with van der Waals surface area (Å²) in [5.41, 5.74) is -1.18. The maximum Gasteiger partial charge on any atom is 0.573 e. The molecule has 12 heteroatoms. The van der Waals surface area contributed by atoms with Crippen molar-refractivity contribution < 1.29 is 35.9 Å². The number of rotatable bonds is 5. The van der Waals surface area contributed by atoms with E-state index in [1.165, 1.54) is 24.5 Å². The summed E-state index contributed by atoms with van der Waals surface area (Å²) in [4.78, 5) is 30.8. The van der Waals surface area contributed by atoms with Crippen molar-refractivity contribution in [1.29, 1.82) is 0 Å². The first-order valence-electron chi connectivity index (χ1n) is 9.51. The van der Waals surface area contributed by atoms with E-state index in [9.17, 15) is 31.2 Å². The van der Waals surface area contributed by atoms with Crippen molar-refractivity contribution >= 4 is 27.5 Å². The molecule has 4 rings (SSSR count). The van der Waals surface area contributed by atoms with Gasteiger partial charge in [0.25, 0.3) is 15.9 Å². The molecule has 1 N–H and O–H groups in total. The zero-order valence-corrected chi connectivity index (χ0v) is 17.8. The molecule has 0 saturated carbocycles. The van der Waals surface area contributed by atoms with E-state index < -0.39 is 39.4 Å². The Balaban J connectivity index is 1.68. The Morgan fingerprint density at radius 1 is 1.15 bits per heavy atom. The van der Waals surface area contributed by atoms with E-state index in [0.717, 1.165) is 29.2 Å². The number of sulfonamides is 1. The highest BCUT2D eigenvalue weighted by atomic mass is 32.2. The number of aromatic nitrogens is 1. The molecule has 2 aromatic rings. The van der Waals surface area contributed by atoms with Gasteiger partial charge in [0.1, 0.15) is 5.75 Å². The summed E-state index contributed by atoms with van der Waals surface area (Å²) in [5, 5.41) is 0. The highest BCUT2D eigenvalue weighted by Crippen LogP contribution is 2.46. The summed E-state index contributed by atoms with van der Waals surface area (Å²) in [6, 6.07) is 6.67. The maximum absolute atomic E-state index is 13.2. The highest BCUT2D eigenvalue weighted by molar-refractivity contribution is 7.89. The lowest BCUT2D eigenvalue weighted by Gasteiger charge is -2.26. The van der Waals surface area contributed by atoms with Gasteiger partial charge in [-0.3, -0.25) is 19.3 Å². The van der Waals surface area contributed by atoms with Crippen LogP contribution in [0.1, 0.15) is 13.3 Å². The van der Waals surface area contributed by atoms with Gasteiger partial charge >= 0.3 is 6.36 Å². The van der Waals surface area contributed by atoms with Crippen LogP contribution in [0.15, 0.2) is 77.1 Å². The van der Waals surface area contributed by atoms with Crippen molar-refractivity contribution in [1.82, 2.24) is 9.71 Å². The first kappa shape index (κ1) is 22.5. The quantitative estimate of drug-likeness (QED) is 0.661. The third kappa shape index (κ3) is 4.09. The number of hydrogen-bond donors (Lipinski definition) is 1. The fourth-order valence-electron chi connectivity index (χ4n) is 3.72. The molecule has 2 heterocycles. The van der Waals surface area contributed by atoms with Crippen molar-refractivity contribution in [3.63, 3.8) is 0 Å². The first-order valence-corrected chi connectivity index (χ1v) is 11.0. The molecule has 1 aromatic carbocycles. The zero-order chi connectivity index (χ0) is 24.0. The minimum atomic E-state index is -4.92. The molecular formula is C21H16F3N3O5S. The molecule has 8 nitrogen and oxygen atoms in total. The van der Waals surface area contributed by atoms with Crippen molar-refractivity contribution in [3.8, 4) is 5.75 Å². The van der Waals surface area contributed by atoms with Gasteiger partial charge in [0.2, 0.25) is 5.91 Å². The lowest BCUT2D eigenvalue weighted by atomic mass is 9.77. The van der Waals surface area contributed by atoms with Crippen molar-refractivity contribution in [2.24, 2.45) is 5.41 Å². The van der Waals surface area contributed by atoms with E-state index in [1.54, 1.807) is 19.1 Å². The molecule has 1 unspecified atom stereocenters. The molecule has 1 atom stereocenters. The molecule has 0 bridgehead atoms. The lowest BCUT2D eigenvalue weighted by molar-refractivity contribution is -0.274. The van der Waals surface area contributed by atoms with Crippen LogP contribution in [-0.2, 0) is 19.6 Å². The predicted molar refractivity (Wildman–Crippen MR) is 109 cm³/mol. The number of imide groups is 1. The fraction of sp³-hybridized carbons (Fsp3) is 0.190. The van der Waals surface area contributed by atoms with E-state index in [1.807, 2.05) is 0 Å². The number of anilines is 1. The molecule has 2 amide bonds. The number of fused-ring (bicyclic) bond motifs is 1. The van der Waals surface area contributed by atoms with Gasteiger partial charge in [-0.1, -0.05) is 6.08 Å². The molecule has 1 aliphatic carbocycles. The van der Waals surface area contributed by atoms with Gasteiger partial charge in [-0.2, -0.15) is 0 Å². The number of nitrogens with one attached hydrogen (secondary N) is 1. The van der Waals surface area contributed by atoms with Crippen LogP contribution >= 0.6 is 0 Å². The van der Waals surface area contributed by atoms with Crippen LogP contribution in [0.2, 0.25) is 0 Å². The van der Waals surface area contributed by atoms with E-state index in [-0.39, 0.29) is 28.3 Å². The Kier molecular flexibility index (Phi) is 5.27. The van der Waals surface area contributed by atoms with Gasteiger partial charge in [0, 0.05) is 6.20 Å². The summed E-state index contributed by atoms with van der Waals surface area (Å²) in [7, 11) is -4.30. The summed E-state index contributed by atoms with van der Waals surface area (Å²) >= 11 is 0. The topological polar surface area (TPSA) is 106 Å². The van der Waals surface area contributed by atoms with Crippen LogP contribution in [-0.4, -0.2) is 31.6 Å². The SMILES string of the molecule is CC12CC=CC(NS(=O)(=O)c3ccc(OC(F)(F)F)cc3)=C1C(=O)N(c1cccnc1)C2=O. The summed E-state index contributed by atoms with van der Waals surface area (Å²) in [6.45, 7) is 1.54. The number of nitrogens with zero attached hydrogens (tertiary/aromatic N) is 2. The molecule has 2 aliphatic rings. The second-order valence-corrected chi connectivity index (χ2v) is 9.19. The number of benzene rings is 1. The average molecular weight is 479 g/mol. The van der Waals surface area contributed by atoms with E-state index in [0.29, 0.717) is 0 Å². The van der Waals surface area contributed by atoms with Gasteiger partial charge in [-0.05, 0) is 55.8 Å². The predicted octanol–water partition coefficient (Wildman–Crippen LogP) is 3.05. The highest BCUT2D eigenvalue weighted by Gasteiger charge is 2.55. The van der Waals surface area contributed by atoms with Gasteiger partial charge in [0.05, 0.1) is 33.5 Å². The van der Waals surface area contributed by atoms with Crippen molar-refractivity contribution in [2.45, 2.75) is 24.6 Å². The third-order valence-corrected chi connectivity index (χ3v) is 6.62. The Morgan fingerprint density at radius 2 is 1.85 bits per heavy atom. The number of allylic oxidation sites excluding steroid dienone is 2. The molecule has 1 aromatic heterocycles. The van der Waals surface area contributed by atoms with E-state index in [4.69, 9.17) is 0 Å². The van der Waals surface area contributed by atoms with Crippen LogP contribution < -0.4 is 14.4 Å². The van der Waals surface area contributed by atoms with Crippen LogP contribution in [0.5, 0.6) is 5.75 Å². The van der Waals surface area contributed by atoms with Gasteiger partial charge in [-0.25, -0.2) is 13.3 Å². The number of carbonyl (C=O) groups excluding carboxylic acids is 2. The molecule has 172 valence electrons. The standard InChI is InChI=1S/C21H16F3N3O5S/c1-20-10-2-5-16(17(20)18(28)27(19(20)29)13-4-3-11-25-12-13)26-33(30,31)15-8-6-14(7-9-15)32-21(22,23)24/h2-9,11-12,26H,10H2,1H3. The Bertz CT molecular complexity index is 1290. The monoisotopic (exact) mass is 479 g/mol.